The van der Waals surface area contributed by atoms with Crippen molar-refractivity contribution in [2.45, 2.75) is 27.7 Å². The normalized spacial score (nSPS) is 16.4. The summed E-state index contributed by atoms with van der Waals surface area (Å²) in [6.07, 6.45) is 0. The molecule has 0 atom stereocenters. The van der Waals surface area contributed by atoms with Gasteiger partial charge in [-0.05, 0) is 44.2 Å². The minimum atomic E-state index is 1.15. The summed E-state index contributed by atoms with van der Waals surface area (Å²) in [4.78, 5) is 4.87. The lowest BCUT2D eigenvalue weighted by Gasteiger charge is -2.34. The van der Waals surface area contributed by atoms with Crippen molar-refractivity contribution in [2.24, 2.45) is 0 Å². The van der Waals surface area contributed by atoms with E-state index in [9.17, 15) is 0 Å². The fourth-order valence-electron chi connectivity index (χ4n) is 1.99. The summed E-state index contributed by atoms with van der Waals surface area (Å²) in [5, 5.41) is 0. The maximum atomic E-state index is 2.48. The van der Waals surface area contributed by atoms with Crippen LogP contribution < -0.4 is 4.90 Å². The van der Waals surface area contributed by atoms with Crippen molar-refractivity contribution in [1.82, 2.24) is 4.90 Å². The monoisotopic (exact) mass is 234 g/mol. The second-order valence-electron chi connectivity index (χ2n) is 4.56. The van der Waals surface area contributed by atoms with E-state index in [4.69, 9.17) is 0 Å². The van der Waals surface area contributed by atoms with Gasteiger partial charge in [0.2, 0.25) is 0 Å². The zero-order valence-electron chi connectivity index (χ0n) is 12.0. The van der Waals surface area contributed by atoms with E-state index < -0.39 is 0 Å². The Bertz CT molecular complexity index is 339. The lowest BCUT2D eigenvalue weighted by atomic mass is 10.1. The molecule has 1 saturated heterocycles. The van der Waals surface area contributed by atoms with Gasteiger partial charge in [0.15, 0.2) is 0 Å². The zero-order chi connectivity index (χ0) is 12.8. The SMILES string of the molecule is CC.Cc1ccc(N2CCN(C)CC2)cc1C. The molecule has 1 aromatic carbocycles. The van der Waals surface area contributed by atoms with Crippen LogP contribution in [0, 0.1) is 13.8 Å². The predicted molar refractivity (Wildman–Crippen MR) is 77.0 cm³/mol. The highest BCUT2D eigenvalue weighted by Gasteiger charge is 2.14. The van der Waals surface area contributed by atoms with Crippen LogP contribution in [0.1, 0.15) is 25.0 Å². The van der Waals surface area contributed by atoms with Crippen LogP contribution in [0.25, 0.3) is 0 Å². The lowest BCUT2D eigenvalue weighted by molar-refractivity contribution is 0.313. The maximum absolute atomic E-state index is 2.48. The van der Waals surface area contributed by atoms with E-state index >= 15 is 0 Å². The molecule has 96 valence electrons. The Morgan fingerprint density at radius 2 is 1.47 bits per heavy atom. The number of rotatable bonds is 1. The van der Waals surface area contributed by atoms with Gasteiger partial charge in [-0.2, -0.15) is 0 Å². The Hall–Kier alpha value is -1.02. The van der Waals surface area contributed by atoms with Crippen molar-refractivity contribution < 1.29 is 0 Å². The van der Waals surface area contributed by atoms with Gasteiger partial charge in [0, 0.05) is 31.9 Å². The Morgan fingerprint density at radius 1 is 0.882 bits per heavy atom. The van der Waals surface area contributed by atoms with Crippen LogP contribution in [-0.2, 0) is 0 Å². The first kappa shape index (κ1) is 14.0. The summed E-state index contributed by atoms with van der Waals surface area (Å²) in [5.74, 6) is 0. The molecule has 1 fully saturated rings. The number of likely N-dealkylation sites (N-methyl/N-ethyl adjacent to an activating group) is 1. The highest BCUT2D eigenvalue weighted by molar-refractivity contribution is 5.50. The van der Waals surface area contributed by atoms with Crippen molar-refractivity contribution in [2.75, 3.05) is 38.1 Å². The Morgan fingerprint density at radius 3 is 2.00 bits per heavy atom. The molecule has 1 aromatic rings. The maximum Gasteiger partial charge on any atom is 0.0369 e. The van der Waals surface area contributed by atoms with Crippen molar-refractivity contribution in [3.8, 4) is 0 Å². The summed E-state index contributed by atoms with van der Waals surface area (Å²) < 4.78 is 0. The smallest absolute Gasteiger partial charge is 0.0369 e. The third-order valence-corrected chi connectivity index (χ3v) is 3.36. The van der Waals surface area contributed by atoms with Crippen molar-refractivity contribution in [1.29, 1.82) is 0 Å². The minimum Gasteiger partial charge on any atom is -0.369 e. The fourth-order valence-corrected chi connectivity index (χ4v) is 1.99. The highest BCUT2D eigenvalue weighted by Crippen LogP contribution is 2.19. The Labute approximate surface area is 106 Å². The standard InChI is InChI=1S/C13H20N2.C2H6/c1-11-4-5-13(10-12(11)2)15-8-6-14(3)7-9-15;1-2/h4-5,10H,6-9H2,1-3H3;1-2H3. The Kier molecular flexibility index (Phi) is 5.49. The molecule has 0 amide bonds. The van der Waals surface area contributed by atoms with Crippen LogP contribution in [0.3, 0.4) is 0 Å². The van der Waals surface area contributed by atoms with Gasteiger partial charge in [-0.25, -0.2) is 0 Å². The molecule has 1 aliphatic rings. The molecular weight excluding hydrogens is 208 g/mol. The molecule has 2 rings (SSSR count). The van der Waals surface area contributed by atoms with Gasteiger partial charge < -0.3 is 9.80 Å². The molecule has 0 unspecified atom stereocenters. The average Bonchev–Trinajstić information content (AvgIpc) is 2.36. The van der Waals surface area contributed by atoms with E-state index in [0.717, 1.165) is 13.1 Å². The molecule has 2 heteroatoms. The molecule has 0 aliphatic carbocycles. The lowest BCUT2D eigenvalue weighted by Crippen LogP contribution is -2.44. The molecule has 0 bridgehead atoms. The van der Waals surface area contributed by atoms with Gasteiger partial charge in [0.1, 0.15) is 0 Å². The Balaban J connectivity index is 0.000000686. The van der Waals surface area contributed by atoms with Crippen LogP contribution >= 0.6 is 0 Å². The van der Waals surface area contributed by atoms with E-state index in [1.54, 1.807) is 0 Å². The van der Waals surface area contributed by atoms with Crippen molar-refractivity contribution in [3.63, 3.8) is 0 Å². The van der Waals surface area contributed by atoms with Gasteiger partial charge in [-0.1, -0.05) is 19.9 Å². The van der Waals surface area contributed by atoms with Crippen LogP contribution in [0.4, 0.5) is 5.69 Å². The van der Waals surface area contributed by atoms with E-state index in [1.807, 2.05) is 13.8 Å². The number of hydrogen-bond acceptors (Lipinski definition) is 2. The van der Waals surface area contributed by atoms with Gasteiger partial charge in [-0.3, -0.25) is 0 Å². The molecule has 0 spiro atoms. The summed E-state index contributed by atoms with van der Waals surface area (Å²) >= 11 is 0. The van der Waals surface area contributed by atoms with Crippen LogP contribution in [0.2, 0.25) is 0 Å². The molecule has 0 aromatic heterocycles. The van der Waals surface area contributed by atoms with Crippen LogP contribution in [0.5, 0.6) is 0 Å². The number of aryl methyl sites for hydroxylation is 2. The summed E-state index contributed by atoms with van der Waals surface area (Å²) in [6.45, 7) is 13.0. The topological polar surface area (TPSA) is 6.48 Å². The second kappa shape index (κ2) is 6.65. The molecule has 2 nitrogen and oxygen atoms in total. The van der Waals surface area contributed by atoms with Gasteiger partial charge in [-0.15, -0.1) is 0 Å². The molecular formula is C15H26N2. The minimum absolute atomic E-state index is 1.15. The highest BCUT2D eigenvalue weighted by atomic mass is 15.2. The first-order valence-corrected chi connectivity index (χ1v) is 6.67. The molecule has 17 heavy (non-hydrogen) atoms. The quantitative estimate of drug-likeness (QED) is 0.737. The third-order valence-electron chi connectivity index (χ3n) is 3.36. The molecule has 1 aliphatic heterocycles. The van der Waals surface area contributed by atoms with E-state index in [1.165, 1.54) is 29.9 Å². The van der Waals surface area contributed by atoms with E-state index in [0.29, 0.717) is 0 Å². The van der Waals surface area contributed by atoms with E-state index in [-0.39, 0.29) is 0 Å². The fraction of sp³-hybridized carbons (Fsp3) is 0.600. The van der Waals surface area contributed by atoms with Crippen LogP contribution in [0.15, 0.2) is 18.2 Å². The summed E-state index contributed by atoms with van der Waals surface area (Å²) in [5.41, 5.74) is 4.16. The molecule has 0 radical (unpaired) electrons. The van der Waals surface area contributed by atoms with Crippen molar-refractivity contribution in [3.05, 3.63) is 29.3 Å². The number of benzene rings is 1. The van der Waals surface area contributed by atoms with Gasteiger partial charge >= 0.3 is 0 Å². The van der Waals surface area contributed by atoms with Crippen molar-refractivity contribution >= 4 is 5.69 Å². The van der Waals surface area contributed by atoms with E-state index in [2.05, 4.69) is 48.9 Å². The van der Waals surface area contributed by atoms with Gasteiger partial charge in [0.05, 0.1) is 0 Å². The first-order valence-electron chi connectivity index (χ1n) is 6.67. The first-order chi connectivity index (χ1) is 8.16. The number of anilines is 1. The number of hydrogen-bond donors (Lipinski definition) is 0. The summed E-state index contributed by atoms with van der Waals surface area (Å²) in [6, 6.07) is 6.78. The molecule has 0 N–H and O–H groups in total. The molecule has 1 heterocycles. The van der Waals surface area contributed by atoms with Gasteiger partial charge in [0.25, 0.3) is 0 Å². The largest absolute Gasteiger partial charge is 0.369 e. The summed E-state index contributed by atoms with van der Waals surface area (Å²) in [7, 11) is 2.19. The third kappa shape index (κ3) is 3.74. The number of nitrogens with zero attached hydrogens (tertiary/aromatic N) is 2. The second-order valence-corrected chi connectivity index (χ2v) is 4.56. The van der Waals surface area contributed by atoms with Crippen LogP contribution in [-0.4, -0.2) is 38.1 Å². The zero-order valence-corrected chi connectivity index (χ0v) is 12.0. The number of piperazine rings is 1. The average molecular weight is 234 g/mol. The molecule has 0 saturated carbocycles. The predicted octanol–water partition coefficient (Wildman–Crippen LogP) is 3.08.